The van der Waals surface area contributed by atoms with Crippen LogP contribution in [0.1, 0.15) is 10.5 Å². The molecule has 0 fully saturated rings. The SMILES string of the molecule is O=C(Nc1cc(Oc2cccnc2)cc([N+](=O)[O-])c1)c1ccnn1COc1ccccc1Cl. The Morgan fingerprint density at radius 1 is 1.09 bits per heavy atom. The van der Waals surface area contributed by atoms with Crippen LogP contribution in [0.4, 0.5) is 11.4 Å². The van der Waals surface area contributed by atoms with E-state index in [0.29, 0.717) is 16.5 Å². The van der Waals surface area contributed by atoms with Crippen molar-refractivity contribution in [3.05, 3.63) is 100 Å². The number of hydrogen-bond acceptors (Lipinski definition) is 7. The van der Waals surface area contributed by atoms with Gasteiger partial charge in [0.25, 0.3) is 11.6 Å². The molecular weight excluding hydrogens is 450 g/mol. The quantitative estimate of drug-likeness (QED) is 0.289. The van der Waals surface area contributed by atoms with Gasteiger partial charge in [0.2, 0.25) is 0 Å². The molecule has 0 saturated heterocycles. The van der Waals surface area contributed by atoms with Gasteiger partial charge in [-0.25, -0.2) is 4.68 Å². The van der Waals surface area contributed by atoms with E-state index in [1.165, 1.54) is 41.3 Å². The van der Waals surface area contributed by atoms with Crippen molar-refractivity contribution >= 4 is 28.9 Å². The highest BCUT2D eigenvalue weighted by molar-refractivity contribution is 6.32. The van der Waals surface area contributed by atoms with Gasteiger partial charge < -0.3 is 14.8 Å². The zero-order valence-electron chi connectivity index (χ0n) is 16.9. The number of nitrogens with zero attached hydrogens (tertiary/aromatic N) is 4. The summed E-state index contributed by atoms with van der Waals surface area (Å²) < 4.78 is 12.6. The molecule has 0 aliphatic rings. The Kier molecular flexibility index (Phi) is 6.46. The molecule has 2 heterocycles. The molecule has 1 amide bonds. The fraction of sp³-hybridized carbons (Fsp3) is 0.0455. The fourth-order valence-electron chi connectivity index (χ4n) is 2.88. The van der Waals surface area contributed by atoms with Crippen molar-refractivity contribution in [2.75, 3.05) is 5.32 Å². The van der Waals surface area contributed by atoms with E-state index < -0.39 is 10.8 Å². The van der Waals surface area contributed by atoms with Gasteiger partial charge in [0.1, 0.15) is 22.9 Å². The minimum absolute atomic E-state index is 0.0657. The normalized spacial score (nSPS) is 10.5. The lowest BCUT2D eigenvalue weighted by atomic mass is 10.2. The minimum Gasteiger partial charge on any atom is -0.470 e. The molecule has 0 aliphatic heterocycles. The van der Waals surface area contributed by atoms with E-state index in [0.717, 1.165) is 0 Å². The van der Waals surface area contributed by atoms with Crippen LogP contribution >= 0.6 is 11.6 Å². The summed E-state index contributed by atoms with van der Waals surface area (Å²) in [4.78, 5) is 27.6. The maximum atomic E-state index is 12.9. The molecule has 4 aromatic rings. The lowest BCUT2D eigenvalue weighted by Gasteiger charge is -2.12. The third-order valence-electron chi connectivity index (χ3n) is 4.36. The summed E-state index contributed by atoms with van der Waals surface area (Å²) in [5.74, 6) is 0.466. The van der Waals surface area contributed by atoms with Gasteiger partial charge >= 0.3 is 0 Å². The number of amides is 1. The number of carbonyl (C=O) groups is 1. The van der Waals surface area contributed by atoms with Crippen molar-refractivity contribution in [3.63, 3.8) is 0 Å². The molecule has 11 heteroatoms. The molecule has 0 atom stereocenters. The summed E-state index contributed by atoms with van der Waals surface area (Å²) in [5, 5.41) is 18.5. The van der Waals surface area contributed by atoms with Crippen LogP contribution in [-0.4, -0.2) is 25.6 Å². The van der Waals surface area contributed by atoms with E-state index in [1.54, 1.807) is 42.6 Å². The number of rotatable bonds is 8. The maximum absolute atomic E-state index is 12.9. The number of aromatic nitrogens is 3. The van der Waals surface area contributed by atoms with Crippen LogP contribution in [0.5, 0.6) is 17.2 Å². The highest BCUT2D eigenvalue weighted by Gasteiger charge is 2.17. The van der Waals surface area contributed by atoms with Crippen molar-refractivity contribution < 1.29 is 19.2 Å². The first-order valence-electron chi connectivity index (χ1n) is 9.57. The van der Waals surface area contributed by atoms with Crippen molar-refractivity contribution in [2.45, 2.75) is 6.73 Å². The number of anilines is 1. The first-order chi connectivity index (χ1) is 16.0. The number of ether oxygens (including phenoxy) is 2. The van der Waals surface area contributed by atoms with Gasteiger partial charge in [-0.1, -0.05) is 23.7 Å². The summed E-state index contributed by atoms with van der Waals surface area (Å²) >= 11 is 6.08. The van der Waals surface area contributed by atoms with E-state index in [9.17, 15) is 14.9 Å². The third-order valence-corrected chi connectivity index (χ3v) is 4.67. The highest BCUT2D eigenvalue weighted by atomic mass is 35.5. The standard InChI is InChI=1S/C22H16ClN5O5/c23-19-5-1-2-6-21(19)32-14-27-20(7-9-25-27)22(29)26-15-10-16(28(30)31)12-18(11-15)33-17-4-3-8-24-13-17/h1-13H,14H2,(H,26,29). The summed E-state index contributed by atoms with van der Waals surface area (Å²) in [6, 6.07) is 15.7. The molecule has 0 unspecified atom stereocenters. The summed E-state index contributed by atoms with van der Waals surface area (Å²) in [6.07, 6.45) is 4.48. The molecule has 0 radical (unpaired) electrons. The number of nitro groups is 1. The number of non-ortho nitro benzene ring substituents is 1. The minimum atomic E-state index is -0.576. The van der Waals surface area contributed by atoms with Crippen LogP contribution in [-0.2, 0) is 6.73 Å². The van der Waals surface area contributed by atoms with E-state index >= 15 is 0 Å². The number of benzene rings is 2. The number of pyridine rings is 1. The number of hydrogen-bond donors (Lipinski definition) is 1. The Balaban J connectivity index is 1.52. The molecule has 0 aliphatic carbocycles. The van der Waals surface area contributed by atoms with E-state index in [1.807, 2.05) is 0 Å². The topological polar surface area (TPSA) is 121 Å². The van der Waals surface area contributed by atoms with Gasteiger partial charge in [-0.05, 0) is 30.3 Å². The van der Waals surface area contributed by atoms with Crippen molar-refractivity contribution in [2.24, 2.45) is 0 Å². The Morgan fingerprint density at radius 3 is 2.70 bits per heavy atom. The smallest absolute Gasteiger partial charge is 0.275 e. The van der Waals surface area contributed by atoms with Crippen LogP contribution in [0.25, 0.3) is 0 Å². The predicted octanol–water partition coefficient (Wildman–Crippen LogP) is 4.92. The van der Waals surface area contributed by atoms with Gasteiger partial charge in [0, 0.05) is 24.5 Å². The number of carbonyl (C=O) groups excluding carboxylic acids is 1. The van der Waals surface area contributed by atoms with Gasteiger partial charge in [-0.15, -0.1) is 0 Å². The molecular formula is C22H16ClN5O5. The Bertz CT molecular complexity index is 1300. The van der Waals surface area contributed by atoms with Crippen LogP contribution in [0, 0.1) is 10.1 Å². The highest BCUT2D eigenvalue weighted by Crippen LogP contribution is 2.30. The molecule has 2 aromatic carbocycles. The first kappa shape index (κ1) is 21.8. The molecule has 4 rings (SSSR count). The average molecular weight is 466 g/mol. The van der Waals surface area contributed by atoms with Crippen LogP contribution in [0.3, 0.4) is 0 Å². The first-order valence-corrected chi connectivity index (χ1v) is 9.95. The number of nitro benzene ring substituents is 1. The number of halogens is 1. The predicted molar refractivity (Wildman–Crippen MR) is 120 cm³/mol. The van der Waals surface area contributed by atoms with Gasteiger partial charge in [0.15, 0.2) is 6.73 Å². The van der Waals surface area contributed by atoms with E-state index in [4.69, 9.17) is 21.1 Å². The average Bonchev–Trinajstić information content (AvgIpc) is 3.28. The second kappa shape index (κ2) is 9.79. The van der Waals surface area contributed by atoms with Crippen LogP contribution in [0.2, 0.25) is 5.02 Å². The summed E-state index contributed by atoms with van der Waals surface area (Å²) in [5.41, 5.74) is 0.110. The summed E-state index contributed by atoms with van der Waals surface area (Å²) in [6.45, 7) is -0.0657. The lowest BCUT2D eigenvalue weighted by Crippen LogP contribution is -2.19. The van der Waals surface area contributed by atoms with Crippen molar-refractivity contribution in [3.8, 4) is 17.2 Å². The molecule has 0 spiro atoms. The monoisotopic (exact) mass is 465 g/mol. The second-order valence-corrected chi connectivity index (χ2v) is 7.04. The van der Waals surface area contributed by atoms with Crippen molar-refractivity contribution in [1.29, 1.82) is 0 Å². The van der Waals surface area contributed by atoms with Gasteiger partial charge in [-0.2, -0.15) is 5.10 Å². The second-order valence-electron chi connectivity index (χ2n) is 6.64. The van der Waals surface area contributed by atoms with E-state index in [2.05, 4.69) is 15.4 Å². The van der Waals surface area contributed by atoms with Crippen LogP contribution < -0.4 is 14.8 Å². The number of nitrogens with one attached hydrogen (secondary N) is 1. The Hall–Kier alpha value is -4.44. The largest absolute Gasteiger partial charge is 0.470 e. The van der Waals surface area contributed by atoms with Crippen LogP contribution in [0.15, 0.2) is 79.3 Å². The van der Waals surface area contributed by atoms with E-state index in [-0.39, 0.29) is 29.5 Å². The Morgan fingerprint density at radius 2 is 1.94 bits per heavy atom. The molecule has 10 nitrogen and oxygen atoms in total. The number of para-hydroxylation sites is 1. The van der Waals surface area contributed by atoms with Gasteiger partial charge in [0.05, 0.1) is 27.9 Å². The zero-order chi connectivity index (χ0) is 23.2. The summed E-state index contributed by atoms with van der Waals surface area (Å²) in [7, 11) is 0. The van der Waals surface area contributed by atoms with Gasteiger partial charge in [-0.3, -0.25) is 19.9 Å². The molecule has 2 aromatic heterocycles. The Labute approximate surface area is 192 Å². The van der Waals surface area contributed by atoms with Crippen molar-refractivity contribution in [1.82, 2.24) is 14.8 Å². The fourth-order valence-corrected chi connectivity index (χ4v) is 3.07. The molecule has 166 valence electrons. The maximum Gasteiger partial charge on any atom is 0.275 e. The molecule has 0 saturated carbocycles. The molecule has 1 N–H and O–H groups in total. The molecule has 33 heavy (non-hydrogen) atoms. The lowest BCUT2D eigenvalue weighted by molar-refractivity contribution is -0.384. The third kappa shape index (κ3) is 5.43. The zero-order valence-corrected chi connectivity index (χ0v) is 17.7. The molecule has 0 bridgehead atoms.